The van der Waals surface area contributed by atoms with Crippen LogP contribution in [-0.2, 0) is 20.7 Å². The monoisotopic (exact) mass is 591 g/mol. The van der Waals surface area contributed by atoms with E-state index in [0.29, 0.717) is 22.6 Å². The smallest absolute Gasteiger partial charge is 0.408 e. The van der Waals surface area contributed by atoms with E-state index in [0.717, 1.165) is 0 Å². The lowest BCUT2D eigenvalue weighted by atomic mass is 9.94. The summed E-state index contributed by atoms with van der Waals surface area (Å²) in [4.78, 5) is 42.9. The highest BCUT2D eigenvalue weighted by atomic mass is 16.6. The van der Waals surface area contributed by atoms with Crippen molar-refractivity contribution < 1.29 is 34.1 Å². The Balaban J connectivity index is 2.09. The Bertz CT molecular complexity index is 1410. The fourth-order valence-electron chi connectivity index (χ4n) is 4.53. The number of anilines is 1. The summed E-state index contributed by atoms with van der Waals surface area (Å²) >= 11 is 0. The number of rotatable bonds is 9. The summed E-state index contributed by atoms with van der Waals surface area (Å²) < 4.78 is 10.7. The van der Waals surface area contributed by atoms with Crippen LogP contribution < -0.4 is 15.4 Å². The summed E-state index contributed by atoms with van der Waals surface area (Å²) in [6, 6.07) is 16.8. The van der Waals surface area contributed by atoms with E-state index in [1.165, 1.54) is 36.3 Å². The molecule has 0 aliphatic rings. The van der Waals surface area contributed by atoms with Crippen molar-refractivity contribution in [3.05, 3.63) is 83.9 Å². The number of carbonyl (C=O) groups is 3. The number of carbonyl (C=O) groups excluding carboxylic acids is 3. The number of methoxy groups -OCH3 is 1. The van der Waals surface area contributed by atoms with Crippen molar-refractivity contribution in [2.45, 2.75) is 71.2 Å². The van der Waals surface area contributed by atoms with Gasteiger partial charge in [-0.2, -0.15) is 0 Å². The molecule has 2 unspecified atom stereocenters. The van der Waals surface area contributed by atoms with Gasteiger partial charge in [-0.1, -0.05) is 24.3 Å². The number of phenols is 2. The number of hydrogen-bond donors (Lipinski definition) is 4. The first kappa shape index (κ1) is 32.8. The standard InChI is InChI=1S/C33H41N3O7/c1-32(2,3)36(30(40)27(35-31(41)43-33(4,5)6)19-21-11-15-24(37)16-12-21)28(22-9-8-10-25(38)20-22)29(39)34-23-13-17-26(42-7)18-14-23/h8-18,20,27-28,37-38H,19H2,1-7H3,(H,34,39)(H,35,41). The van der Waals surface area contributed by atoms with Gasteiger partial charge >= 0.3 is 6.09 Å². The third-order valence-electron chi connectivity index (χ3n) is 6.38. The number of alkyl carbamates (subject to hydrolysis) is 1. The molecule has 3 rings (SSSR count). The van der Waals surface area contributed by atoms with Crippen molar-refractivity contribution in [3.63, 3.8) is 0 Å². The number of phenolic OH excluding ortho intramolecular Hbond substituents is 2. The van der Waals surface area contributed by atoms with Crippen molar-refractivity contribution in [1.82, 2.24) is 10.2 Å². The number of nitrogens with zero attached hydrogens (tertiary/aromatic N) is 1. The molecule has 0 bridgehead atoms. The molecule has 10 heteroatoms. The van der Waals surface area contributed by atoms with Gasteiger partial charge in [-0.25, -0.2) is 4.79 Å². The zero-order chi connectivity index (χ0) is 31.9. The maximum Gasteiger partial charge on any atom is 0.408 e. The van der Waals surface area contributed by atoms with Gasteiger partial charge in [0, 0.05) is 17.6 Å². The highest BCUT2D eigenvalue weighted by molar-refractivity contribution is 5.99. The molecule has 0 aromatic heterocycles. The second-order valence-electron chi connectivity index (χ2n) is 12.2. The van der Waals surface area contributed by atoms with Gasteiger partial charge in [0.05, 0.1) is 7.11 Å². The molecule has 3 aromatic rings. The largest absolute Gasteiger partial charge is 0.508 e. The van der Waals surface area contributed by atoms with Gasteiger partial charge < -0.3 is 35.2 Å². The Hall–Kier alpha value is -4.73. The minimum absolute atomic E-state index is 0.0534. The van der Waals surface area contributed by atoms with Crippen LogP contribution in [-0.4, -0.2) is 57.3 Å². The van der Waals surface area contributed by atoms with E-state index >= 15 is 0 Å². The summed E-state index contributed by atoms with van der Waals surface area (Å²) in [5, 5.41) is 25.7. The van der Waals surface area contributed by atoms with Crippen LogP contribution >= 0.6 is 0 Å². The molecule has 0 saturated heterocycles. The third-order valence-corrected chi connectivity index (χ3v) is 6.38. The predicted molar refractivity (Wildman–Crippen MR) is 164 cm³/mol. The summed E-state index contributed by atoms with van der Waals surface area (Å²) in [6.45, 7) is 10.5. The first-order valence-electron chi connectivity index (χ1n) is 13.9. The normalized spacial score (nSPS) is 12.9. The second kappa shape index (κ2) is 13.5. The average Bonchev–Trinajstić information content (AvgIpc) is 2.90. The van der Waals surface area contributed by atoms with E-state index < -0.39 is 41.1 Å². The van der Waals surface area contributed by atoms with Gasteiger partial charge in [0.1, 0.15) is 34.9 Å². The zero-order valence-corrected chi connectivity index (χ0v) is 25.7. The minimum Gasteiger partial charge on any atom is -0.508 e. The molecule has 0 aliphatic carbocycles. The zero-order valence-electron chi connectivity index (χ0n) is 25.7. The van der Waals surface area contributed by atoms with Crippen molar-refractivity contribution in [3.8, 4) is 17.2 Å². The van der Waals surface area contributed by atoms with Crippen LogP contribution in [0.25, 0.3) is 0 Å². The molecule has 4 N–H and O–H groups in total. The van der Waals surface area contributed by atoms with Crippen LogP contribution in [0.4, 0.5) is 10.5 Å². The van der Waals surface area contributed by atoms with Crippen molar-refractivity contribution in [2.75, 3.05) is 12.4 Å². The molecule has 0 radical (unpaired) electrons. The number of aromatic hydroxyl groups is 2. The first-order valence-corrected chi connectivity index (χ1v) is 13.9. The van der Waals surface area contributed by atoms with Gasteiger partial charge in [0.15, 0.2) is 0 Å². The average molecular weight is 592 g/mol. The molecule has 43 heavy (non-hydrogen) atoms. The van der Waals surface area contributed by atoms with Gasteiger partial charge in [-0.05, 0) is 101 Å². The van der Waals surface area contributed by atoms with Crippen molar-refractivity contribution in [1.29, 1.82) is 0 Å². The van der Waals surface area contributed by atoms with E-state index in [-0.39, 0.29) is 17.9 Å². The van der Waals surface area contributed by atoms with Crippen LogP contribution in [0, 0.1) is 0 Å². The van der Waals surface area contributed by atoms with Gasteiger partial charge in [-0.3, -0.25) is 9.59 Å². The van der Waals surface area contributed by atoms with Gasteiger partial charge in [0.25, 0.3) is 5.91 Å². The van der Waals surface area contributed by atoms with Crippen molar-refractivity contribution >= 4 is 23.6 Å². The molecule has 0 saturated carbocycles. The maximum atomic E-state index is 14.5. The van der Waals surface area contributed by atoms with Crippen LogP contribution in [0.1, 0.15) is 58.7 Å². The molecule has 0 fully saturated rings. The van der Waals surface area contributed by atoms with E-state index in [2.05, 4.69) is 10.6 Å². The summed E-state index contributed by atoms with van der Waals surface area (Å²) in [6.07, 6.45) is -0.743. The molecule has 2 atom stereocenters. The Kier molecular flexibility index (Phi) is 10.3. The highest BCUT2D eigenvalue weighted by Gasteiger charge is 2.42. The number of ether oxygens (including phenoxy) is 2. The first-order chi connectivity index (χ1) is 20.1. The number of nitrogens with one attached hydrogen (secondary N) is 2. The van der Waals surface area contributed by atoms with Crippen molar-refractivity contribution in [2.24, 2.45) is 0 Å². The van der Waals surface area contributed by atoms with Crippen LogP contribution in [0.5, 0.6) is 17.2 Å². The second-order valence-corrected chi connectivity index (χ2v) is 12.2. The Morgan fingerprint density at radius 2 is 1.49 bits per heavy atom. The third kappa shape index (κ3) is 9.39. The molecule has 0 heterocycles. The minimum atomic E-state index is -1.20. The molecule has 0 aliphatic heterocycles. The molecule has 3 aromatic carbocycles. The summed E-state index contributed by atoms with van der Waals surface area (Å²) in [7, 11) is 1.54. The summed E-state index contributed by atoms with van der Waals surface area (Å²) in [5.41, 5.74) is -0.243. The lowest BCUT2D eigenvalue weighted by Crippen LogP contribution is -2.58. The lowest BCUT2D eigenvalue weighted by molar-refractivity contribution is -0.146. The Labute approximate surface area is 252 Å². The van der Waals surface area contributed by atoms with Crippen LogP contribution in [0.15, 0.2) is 72.8 Å². The summed E-state index contributed by atoms with van der Waals surface area (Å²) in [5.74, 6) is -0.487. The number of benzene rings is 3. The predicted octanol–water partition coefficient (Wildman–Crippen LogP) is 5.55. The quantitative estimate of drug-likeness (QED) is 0.256. The maximum absolute atomic E-state index is 14.5. The van der Waals surface area contributed by atoms with Crippen LogP contribution in [0.3, 0.4) is 0 Å². The van der Waals surface area contributed by atoms with Gasteiger partial charge in [-0.15, -0.1) is 0 Å². The Morgan fingerprint density at radius 1 is 0.860 bits per heavy atom. The van der Waals surface area contributed by atoms with Crippen LogP contribution in [0.2, 0.25) is 0 Å². The van der Waals surface area contributed by atoms with E-state index in [4.69, 9.17) is 9.47 Å². The van der Waals surface area contributed by atoms with E-state index in [1.54, 1.807) is 90.1 Å². The topological polar surface area (TPSA) is 137 Å². The highest BCUT2D eigenvalue weighted by Crippen LogP contribution is 2.33. The number of amides is 3. The van der Waals surface area contributed by atoms with Gasteiger partial charge in [0.2, 0.25) is 5.91 Å². The molecular formula is C33H41N3O7. The van der Waals surface area contributed by atoms with E-state index in [1.807, 2.05) is 0 Å². The molecule has 3 amide bonds. The number of hydrogen-bond acceptors (Lipinski definition) is 7. The fourth-order valence-corrected chi connectivity index (χ4v) is 4.53. The SMILES string of the molecule is COc1ccc(NC(=O)C(c2cccc(O)c2)N(C(=O)C(Cc2ccc(O)cc2)NC(=O)OC(C)(C)C)C(C)(C)C)cc1. The lowest BCUT2D eigenvalue weighted by Gasteiger charge is -2.43. The molecule has 0 spiro atoms. The fraction of sp³-hybridized carbons (Fsp3) is 0.364. The molecule has 10 nitrogen and oxygen atoms in total. The Morgan fingerprint density at radius 3 is 2.02 bits per heavy atom. The van der Waals surface area contributed by atoms with E-state index in [9.17, 15) is 24.6 Å². The molecule has 230 valence electrons. The molecular weight excluding hydrogens is 550 g/mol.